The quantitative estimate of drug-likeness (QED) is 0.884. The maximum atomic E-state index is 3.65. The molecule has 1 aliphatic carbocycles. The summed E-state index contributed by atoms with van der Waals surface area (Å²) in [5.41, 5.74) is 0. The molecular weight excluding hydrogens is 258 g/mol. The van der Waals surface area contributed by atoms with E-state index in [-0.39, 0.29) is 0 Å². The Hall–Kier alpha value is 0.140. The number of rotatable bonds is 3. The van der Waals surface area contributed by atoms with Crippen molar-refractivity contribution in [3.63, 3.8) is 0 Å². The number of nitrogens with one attached hydrogen (secondary N) is 1. The standard InChI is InChI=1S/C11H16BrNS/c1-8-3-2-4-11(8)13-6-10-5-9(12)7-14-10/h5,7-8,11,13H,2-4,6H2,1H3. The Bertz CT molecular complexity index is 297. The van der Waals surface area contributed by atoms with E-state index < -0.39 is 0 Å². The van der Waals surface area contributed by atoms with E-state index in [1.54, 1.807) is 0 Å². The summed E-state index contributed by atoms with van der Waals surface area (Å²) in [5, 5.41) is 5.80. The van der Waals surface area contributed by atoms with Gasteiger partial charge in [-0.15, -0.1) is 11.3 Å². The predicted molar refractivity (Wildman–Crippen MR) is 65.7 cm³/mol. The third-order valence-corrected chi connectivity index (χ3v) is 4.72. The SMILES string of the molecule is CC1CCCC1NCc1cc(Br)cs1. The second-order valence-electron chi connectivity index (χ2n) is 4.13. The van der Waals surface area contributed by atoms with E-state index in [2.05, 4.69) is 39.6 Å². The highest BCUT2D eigenvalue weighted by Crippen LogP contribution is 2.26. The lowest BCUT2D eigenvalue weighted by atomic mass is 10.1. The van der Waals surface area contributed by atoms with Crippen LogP contribution < -0.4 is 5.32 Å². The van der Waals surface area contributed by atoms with E-state index in [0.29, 0.717) is 0 Å². The molecule has 1 aromatic heterocycles. The van der Waals surface area contributed by atoms with Gasteiger partial charge in [-0.05, 0) is 40.8 Å². The van der Waals surface area contributed by atoms with Crippen LogP contribution in [0.15, 0.2) is 15.9 Å². The molecule has 1 heterocycles. The molecular formula is C11H16BrNS. The second-order valence-corrected chi connectivity index (χ2v) is 6.04. The first-order valence-corrected chi connectivity index (χ1v) is 6.89. The van der Waals surface area contributed by atoms with Gasteiger partial charge in [0.15, 0.2) is 0 Å². The highest BCUT2D eigenvalue weighted by molar-refractivity contribution is 9.10. The first-order chi connectivity index (χ1) is 6.75. The van der Waals surface area contributed by atoms with Gasteiger partial charge in [0.2, 0.25) is 0 Å². The molecule has 0 saturated heterocycles. The monoisotopic (exact) mass is 273 g/mol. The van der Waals surface area contributed by atoms with Crippen LogP contribution in [0.25, 0.3) is 0 Å². The van der Waals surface area contributed by atoms with Crippen LogP contribution in [0.1, 0.15) is 31.1 Å². The van der Waals surface area contributed by atoms with Gasteiger partial charge in [0.1, 0.15) is 0 Å². The van der Waals surface area contributed by atoms with Gasteiger partial charge in [0.25, 0.3) is 0 Å². The zero-order valence-electron chi connectivity index (χ0n) is 8.42. The first-order valence-electron chi connectivity index (χ1n) is 5.22. The molecule has 0 aliphatic heterocycles. The van der Waals surface area contributed by atoms with Crippen molar-refractivity contribution in [2.75, 3.05) is 0 Å². The van der Waals surface area contributed by atoms with Crippen molar-refractivity contribution in [1.82, 2.24) is 5.32 Å². The molecule has 2 atom stereocenters. The molecule has 2 unspecified atom stereocenters. The normalized spacial score (nSPS) is 27.0. The van der Waals surface area contributed by atoms with Crippen molar-refractivity contribution in [2.45, 2.75) is 38.8 Å². The summed E-state index contributed by atoms with van der Waals surface area (Å²) < 4.78 is 1.21. The Morgan fingerprint density at radius 2 is 2.43 bits per heavy atom. The molecule has 0 spiro atoms. The first kappa shape index (κ1) is 10.7. The Balaban J connectivity index is 1.82. The minimum atomic E-state index is 0.746. The third kappa shape index (κ3) is 2.59. The van der Waals surface area contributed by atoms with Crippen LogP contribution in [0.3, 0.4) is 0 Å². The molecule has 1 saturated carbocycles. The van der Waals surface area contributed by atoms with Crippen LogP contribution >= 0.6 is 27.3 Å². The molecule has 3 heteroatoms. The molecule has 2 rings (SSSR count). The van der Waals surface area contributed by atoms with Gasteiger partial charge in [-0.2, -0.15) is 0 Å². The highest BCUT2D eigenvalue weighted by Gasteiger charge is 2.22. The average molecular weight is 274 g/mol. The van der Waals surface area contributed by atoms with E-state index >= 15 is 0 Å². The molecule has 1 nitrogen and oxygen atoms in total. The number of hydrogen-bond acceptors (Lipinski definition) is 2. The smallest absolute Gasteiger partial charge is 0.0302 e. The minimum absolute atomic E-state index is 0.746. The van der Waals surface area contributed by atoms with Crippen molar-refractivity contribution in [1.29, 1.82) is 0 Å². The van der Waals surface area contributed by atoms with Crippen LogP contribution in [0.5, 0.6) is 0 Å². The van der Waals surface area contributed by atoms with Gasteiger partial charge in [-0.3, -0.25) is 0 Å². The number of hydrogen-bond donors (Lipinski definition) is 1. The third-order valence-electron chi connectivity index (χ3n) is 3.02. The summed E-state index contributed by atoms with van der Waals surface area (Å²) >= 11 is 5.30. The molecule has 14 heavy (non-hydrogen) atoms. The summed E-state index contributed by atoms with van der Waals surface area (Å²) in [6.45, 7) is 3.39. The maximum Gasteiger partial charge on any atom is 0.0302 e. The van der Waals surface area contributed by atoms with Gasteiger partial charge in [0, 0.05) is 27.3 Å². The zero-order chi connectivity index (χ0) is 9.97. The molecule has 0 radical (unpaired) electrons. The van der Waals surface area contributed by atoms with E-state index in [1.807, 2.05) is 11.3 Å². The van der Waals surface area contributed by atoms with Crippen molar-refractivity contribution < 1.29 is 0 Å². The lowest BCUT2D eigenvalue weighted by molar-refractivity contribution is 0.427. The molecule has 1 fully saturated rings. The van der Waals surface area contributed by atoms with Crippen molar-refractivity contribution >= 4 is 27.3 Å². The summed E-state index contributed by atoms with van der Waals surface area (Å²) in [4.78, 5) is 1.43. The van der Waals surface area contributed by atoms with E-state index in [9.17, 15) is 0 Å². The van der Waals surface area contributed by atoms with Crippen LogP contribution in [-0.4, -0.2) is 6.04 Å². The largest absolute Gasteiger partial charge is 0.309 e. The fraction of sp³-hybridized carbons (Fsp3) is 0.636. The summed E-state index contributed by atoms with van der Waals surface area (Å²) in [6, 6.07) is 2.95. The number of halogens is 1. The van der Waals surface area contributed by atoms with Crippen LogP contribution in [0, 0.1) is 5.92 Å². The van der Waals surface area contributed by atoms with Gasteiger partial charge < -0.3 is 5.32 Å². The lowest BCUT2D eigenvalue weighted by Gasteiger charge is -2.16. The van der Waals surface area contributed by atoms with Crippen LogP contribution in [0.4, 0.5) is 0 Å². The van der Waals surface area contributed by atoms with E-state index in [1.165, 1.54) is 28.6 Å². The second kappa shape index (κ2) is 4.77. The topological polar surface area (TPSA) is 12.0 Å². The Morgan fingerprint density at radius 1 is 1.57 bits per heavy atom. The lowest BCUT2D eigenvalue weighted by Crippen LogP contribution is -2.30. The fourth-order valence-electron chi connectivity index (χ4n) is 2.13. The minimum Gasteiger partial charge on any atom is -0.309 e. The average Bonchev–Trinajstić information content (AvgIpc) is 2.72. The highest BCUT2D eigenvalue weighted by atomic mass is 79.9. The maximum absolute atomic E-state index is 3.65. The Morgan fingerprint density at radius 3 is 3.00 bits per heavy atom. The van der Waals surface area contributed by atoms with Gasteiger partial charge in [-0.25, -0.2) is 0 Å². The molecule has 1 N–H and O–H groups in total. The number of thiophene rings is 1. The Labute approximate surface area is 98.0 Å². The van der Waals surface area contributed by atoms with E-state index in [0.717, 1.165) is 18.5 Å². The Kier molecular flexibility index (Phi) is 3.63. The molecule has 78 valence electrons. The predicted octanol–water partition coefficient (Wildman–Crippen LogP) is 3.79. The molecule has 0 amide bonds. The van der Waals surface area contributed by atoms with Gasteiger partial charge in [-0.1, -0.05) is 13.3 Å². The summed E-state index contributed by atoms with van der Waals surface area (Å²) in [5.74, 6) is 0.860. The molecule has 1 aromatic rings. The van der Waals surface area contributed by atoms with Crippen LogP contribution in [-0.2, 0) is 6.54 Å². The molecule has 1 aliphatic rings. The van der Waals surface area contributed by atoms with E-state index in [4.69, 9.17) is 0 Å². The molecule has 0 bridgehead atoms. The van der Waals surface area contributed by atoms with Crippen molar-refractivity contribution in [3.05, 3.63) is 20.8 Å². The van der Waals surface area contributed by atoms with Crippen molar-refractivity contribution in [3.8, 4) is 0 Å². The zero-order valence-corrected chi connectivity index (χ0v) is 10.8. The summed E-state index contributed by atoms with van der Waals surface area (Å²) in [6.07, 6.45) is 4.15. The van der Waals surface area contributed by atoms with Gasteiger partial charge in [0.05, 0.1) is 0 Å². The van der Waals surface area contributed by atoms with Crippen LogP contribution in [0.2, 0.25) is 0 Å². The van der Waals surface area contributed by atoms with Gasteiger partial charge >= 0.3 is 0 Å². The van der Waals surface area contributed by atoms with Crippen molar-refractivity contribution in [2.24, 2.45) is 5.92 Å². The summed E-state index contributed by atoms with van der Waals surface area (Å²) in [7, 11) is 0. The fourth-order valence-corrected chi connectivity index (χ4v) is 3.53. The molecule has 0 aromatic carbocycles.